The average Bonchev–Trinajstić information content (AvgIpc) is 3.32. The van der Waals surface area contributed by atoms with E-state index < -0.39 is 11.7 Å². The number of Topliss-reactive ketones (excluding diaryl/α,β-unsaturated/α-hetero) is 1. The zero-order valence-corrected chi connectivity index (χ0v) is 17.1. The lowest BCUT2D eigenvalue weighted by Crippen LogP contribution is -2.30. The molecule has 30 heavy (non-hydrogen) atoms. The second-order valence-corrected chi connectivity index (χ2v) is 7.14. The SMILES string of the molecule is COc1ccc2[nH]c(-c3c(-c4ccccc4)noc3C)c(C(=O)C(=O)N(C)C)c2c1. The second kappa shape index (κ2) is 7.51. The van der Waals surface area contributed by atoms with Crippen molar-refractivity contribution in [3.8, 4) is 28.3 Å². The Kier molecular flexibility index (Phi) is 4.87. The fourth-order valence-electron chi connectivity index (χ4n) is 3.49. The van der Waals surface area contributed by atoms with Gasteiger partial charge in [0.2, 0.25) is 0 Å². The quantitative estimate of drug-likeness (QED) is 0.401. The van der Waals surface area contributed by atoms with Crippen LogP contribution in [0.2, 0.25) is 0 Å². The van der Waals surface area contributed by atoms with Crippen LogP contribution in [0.15, 0.2) is 53.1 Å². The first-order chi connectivity index (χ1) is 14.4. The summed E-state index contributed by atoms with van der Waals surface area (Å²) in [6, 6.07) is 14.9. The predicted octanol–water partition coefficient (Wildman–Crippen LogP) is 4.08. The first kappa shape index (κ1) is 19.4. The standard InChI is InChI=1S/C23H21N3O4/c1-13-18(20(25-30-13)14-8-6-5-7-9-14)21-19(22(27)23(28)26(2)3)16-12-15(29-4)10-11-17(16)24-21/h5-12,24H,1-4H3. The van der Waals surface area contributed by atoms with E-state index in [1.54, 1.807) is 40.3 Å². The van der Waals surface area contributed by atoms with Crippen molar-refractivity contribution in [2.24, 2.45) is 0 Å². The molecule has 1 amide bonds. The van der Waals surface area contributed by atoms with Crippen molar-refractivity contribution < 1.29 is 18.8 Å². The molecular weight excluding hydrogens is 382 g/mol. The van der Waals surface area contributed by atoms with Gasteiger partial charge in [-0.2, -0.15) is 0 Å². The topological polar surface area (TPSA) is 88.4 Å². The molecule has 4 aromatic rings. The lowest BCUT2D eigenvalue weighted by Gasteiger charge is -2.10. The van der Waals surface area contributed by atoms with Crippen LogP contribution < -0.4 is 4.74 Å². The molecule has 2 heterocycles. The van der Waals surface area contributed by atoms with Gasteiger partial charge in [0.1, 0.15) is 17.2 Å². The number of carbonyl (C=O) groups is 2. The maximum absolute atomic E-state index is 13.2. The normalized spacial score (nSPS) is 10.9. The first-order valence-electron chi connectivity index (χ1n) is 9.40. The molecular formula is C23H21N3O4. The van der Waals surface area contributed by atoms with Crippen molar-refractivity contribution in [3.63, 3.8) is 0 Å². The van der Waals surface area contributed by atoms with E-state index in [0.717, 1.165) is 5.56 Å². The minimum absolute atomic E-state index is 0.270. The number of aryl methyl sites for hydroxylation is 1. The minimum Gasteiger partial charge on any atom is -0.497 e. The summed E-state index contributed by atoms with van der Waals surface area (Å²) in [6.45, 7) is 1.78. The maximum Gasteiger partial charge on any atom is 0.294 e. The molecule has 4 rings (SSSR count). The number of ether oxygens (including phenoxy) is 1. The number of hydrogen-bond donors (Lipinski definition) is 1. The summed E-state index contributed by atoms with van der Waals surface area (Å²) in [7, 11) is 4.66. The van der Waals surface area contributed by atoms with Crippen LogP contribution >= 0.6 is 0 Å². The maximum atomic E-state index is 13.2. The van der Waals surface area contributed by atoms with Gasteiger partial charge in [0.25, 0.3) is 11.7 Å². The highest BCUT2D eigenvalue weighted by atomic mass is 16.5. The van der Waals surface area contributed by atoms with Gasteiger partial charge in [0.15, 0.2) is 0 Å². The number of amides is 1. The van der Waals surface area contributed by atoms with E-state index >= 15 is 0 Å². The highest BCUT2D eigenvalue weighted by Crippen LogP contribution is 2.39. The number of benzene rings is 2. The van der Waals surface area contributed by atoms with Crippen LogP contribution in [-0.4, -0.2) is 47.9 Å². The number of carbonyl (C=O) groups excluding carboxylic acids is 2. The number of methoxy groups -OCH3 is 1. The van der Waals surface area contributed by atoms with Crippen LogP contribution in [-0.2, 0) is 4.79 Å². The summed E-state index contributed by atoms with van der Waals surface area (Å²) in [5.41, 5.74) is 3.56. The Hall–Kier alpha value is -3.87. The van der Waals surface area contributed by atoms with Crippen molar-refractivity contribution in [3.05, 3.63) is 59.9 Å². The van der Waals surface area contributed by atoms with Gasteiger partial charge in [0.05, 0.1) is 23.9 Å². The van der Waals surface area contributed by atoms with Crippen LogP contribution in [0.1, 0.15) is 16.1 Å². The molecule has 0 atom stereocenters. The molecule has 7 nitrogen and oxygen atoms in total. The number of H-pyrrole nitrogens is 1. The number of ketones is 1. The molecule has 7 heteroatoms. The Morgan fingerprint density at radius 2 is 1.83 bits per heavy atom. The van der Waals surface area contributed by atoms with Crippen molar-refractivity contribution in [1.29, 1.82) is 0 Å². The Balaban J connectivity index is 2.03. The monoisotopic (exact) mass is 403 g/mol. The molecule has 1 N–H and O–H groups in total. The molecule has 0 bridgehead atoms. The zero-order valence-electron chi connectivity index (χ0n) is 17.1. The number of fused-ring (bicyclic) bond motifs is 1. The van der Waals surface area contributed by atoms with Crippen LogP contribution in [0.3, 0.4) is 0 Å². The van der Waals surface area contributed by atoms with Crippen LogP contribution in [0, 0.1) is 6.92 Å². The summed E-state index contributed by atoms with van der Waals surface area (Å²) in [6.07, 6.45) is 0. The van der Waals surface area contributed by atoms with E-state index in [4.69, 9.17) is 9.26 Å². The number of aromatic nitrogens is 2. The number of nitrogens with zero attached hydrogens (tertiary/aromatic N) is 2. The van der Waals surface area contributed by atoms with Gasteiger partial charge >= 0.3 is 0 Å². The van der Waals surface area contributed by atoms with E-state index in [9.17, 15) is 9.59 Å². The summed E-state index contributed by atoms with van der Waals surface area (Å²) in [5, 5.41) is 4.82. The smallest absolute Gasteiger partial charge is 0.294 e. The van der Waals surface area contributed by atoms with Gasteiger partial charge in [-0.1, -0.05) is 35.5 Å². The number of aromatic amines is 1. The van der Waals surface area contributed by atoms with E-state index in [0.29, 0.717) is 39.4 Å². The summed E-state index contributed by atoms with van der Waals surface area (Å²) >= 11 is 0. The summed E-state index contributed by atoms with van der Waals surface area (Å²) in [4.78, 5) is 30.4. The fraction of sp³-hybridized carbons (Fsp3) is 0.174. The molecule has 2 aromatic heterocycles. The van der Waals surface area contributed by atoms with Crippen molar-refractivity contribution >= 4 is 22.6 Å². The van der Waals surface area contributed by atoms with Gasteiger partial charge in [-0.15, -0.1) is 0 Å². The molecule has 0 aliphatic carbocycles. The highest BCUT2D eigenvalue weighted by molar-refractivity contribution is 6.46. The minimum atomic E-state index is -0.617. The first-order valence-corrected chi connectivity index (χ1v) is 9.40. The molecule has 0 spiro atoms. The Bertz CT molecular complexity index is 1250. The van der Waals surface area contributed by atoms with Crippen LogP contribution in [0.4, 0.5) is 0 Å². The number of nitrogens with one attached hydrogen (secondary N) is 1. The molecule has 0 saturated heterocycles. The van der Waals surface area contributed by atoms with E-state index in [1.807, 2.05) is 36.4 Å². The van der Waals surface area contributed by atoms with Crippen molar-refractivity contribution in [2.45, 2.75) is 6.92 Å². The molecule has 152 valence electrons. The van der Waals surface area contributed by atoms with Gasteiger partial charge in [-0.05, 0) is 25.1 Å². The number of likely N-dealkylation sites (N-methyl/N-ethyl adjacent to an activating group) is 1. The van der Waals surface area contributed by atoms with E-state index in [2.05, 4.69) is 10.1 Å². The van der Waals surface area contributed by atoms with Crippen molar-refractivity contribution in [2.75, 3.05) is 21.2 Å². The molecule has 0 fully saturated rings. The molecule has 2 aromatic carbocycles. The van der Waals surface area contributed by atoms with Gasteiger partial charge < -0.3 is 19.1 Å². The zero-order chi connectivity index (χ0) is 21.4. The lowest BCUT2D eigenvalue weighted by atomic mass is 9.97. The molecule has 0 saturated carbocycles. The van der Waals surface area contributed by atoms with Gasteiger partial charge in [-0.3, -0.25) is 9.59 Å². The average molecular weight is 403 g/mol. The van der Waals surface area contributed by atoms with Crippen molar-refractivity contribution in [1.82, 2.24) is 15.0 Å². The highest BCUT2D eigenvalue weighted by Gasteiger charge is 2.30. The fourth-order valence-corrected chi connectivity index (χ4v) is 3.49. The Labute approximate surface area is 173 Å². The third-order valence-corrected chi connectivity index (χ3v) is 4.99. The Morgan fingerprint density at radius 1 is 1.10 bits per heavy atom. The van der Waals surface area contributed by atoms with Crippen LogP contribution in [0.25, 0.3) is 33.4 Å². The molecule has 0 radical (unpaired) electrons. The lowest BCUT2D eigenvalue weighted by molar-refractivity contribution is -0.124. The third-order valence-electron chi connectivity index (χ3n) is 4.99. The number of hydrogen-bond acceptors (Lipinski definition) is 5. The molecule has 0 aliphatic heterocycles. The van der Waals surface area contributed by atoms with E-state index in [-0.39, 0.29) is 5.56 Å². The van der Waals surface area contributed by atoms with Gasteiger partial charge in [0, 0.05) is 30.6 Å². The van der Waals surface area contributed by atoms with Crippen LogP contribution in [0.5, 0.6) is 5.75 Å². The Morgan fingerprint density at radius 3 is 2.50 bits per heavy atom. The predicted molar refractivity (Wildman–Crippen MR) is 114 cm³/mol. The summed E-state index contributed by atoms with van der Waals surface area (Å²) < 4.78 is 10.8. The van der Waals surface area contributed by atoms with Gasteiger partial charge in [-0.25, -0.2) is 0 Å². The summed E-state index contributed by atoms with van der Waals surface area (Å²) in [5.74, 6) is -0.104. The third kappa shape index (κ3) is 3.14. The van der Waals surface area contributed by atoms with E-state index in [1.165, 1.54) is 4.90 Å². The largest absolute Gasteiger partial charge is 0.497 e. The molecule has 0 aliphatic rings. The second-order valence-electron chi connectivity index (χ2n) is 7.14. The molecule has 0 unspecified atom stereocenters. The number of rotatable bonds is 5.